The Morgan fingerprint density at radius 2 is 1.73 bits per heavy atom. The molecule has 3 aliphatic rings. The molecule has 0 spiro atoms. The van der Waals surface area contributed by atoms with E-state index in [4.69, 9.17) is 9.26 Å². The number of hydrogen-bond donors (Lipinski definition) is 1. The number of rotatable bonds is 4. The van der Waals surface area contributed by atoms with Crippen molar-refractivity contribution in [2.45, 2.75) is 62.6 Å². The van der Waals surface area contributed by atoms with E-state index < -0.39 is 35.4 Å². The van der Waals surface area contributed by atoms with Crippen LogP contribution in [0.15, 0.2) is 22.7 Å². The molecule has 1 aromatic heterocycles. The lowest BCUT2D eigenvalue weighted by Crippen LogP contribution is -2.48. The van der Waals surface area contributed by atoms with Gasteiger partial charge in [-0.3, -0.25) is 0 Å². The van der Waals surface area contributed by atoms with Gasteiger partial charge in [0.1, 0.15) is 29.0 Å². The Morgan fingerprint density at radius 3 is 2.30 bits per heavy atom. The predicted molar refractivity (Wildman–Crippen MR) is 98.9 cm³/mol. The monoisotopic (exact) mass is 418 g/mol. The third kappa shape index (κ3) is 3.12. The number of halogens is 2. The Balaban J connectivity index is 1.44. The summed E-state index contributed by atoms with van der Waals surface area (Å²) in [5, 5.41) is 13.2. The highest BCUT2D eigenvalue weighted by Gasteiger charge is 2.45. The zero-order valence-corrected chi connectivity index (χ0v) is 16.0. The second-order valence-electron chi connectivity index (χ2n) is 8.21. The first-order chi connectivity index (χ1) is 14.4. The number of carboxylic acid groups (broad SMARTS) is 1. The molecular formula is C21H20F2N2O5. The van der Waals surface area contributed by atoms with Gasteiger partial charge in [-0.2, -0.15) is 0 Å². The molecule has 2 aromatic rings. The molecule has 2 aliphatic heterocycles. The Hall–Kier alpha value is -2.97. The van der Waals surface area contributed by atoms with Crippen molar-refractivity contribution >= 4 is 12.1 Å². The average Bonchev–Trinajstić information content (AvgIpc) is 3.38. The number of amides is 1. The van der Waals surface area contributed by atoms with Crippen LogP contribution in [0.25, 0.3) is 11.3 Å². The van der Waals surface area contributed by atoms with E-state index in [2.05, 4.69) is 5.16 Å². The SMILES string of the molecule is O=C(O[C@H]1C[C@H]2CC[C@@H](C1)N2C(=O)O)c1c(-c2c(F)cccc2F)noc1C1CC1. The lowest BCUT2D eigenvalue weighted by atomic mass is 9.99. The first-order valence-electron chi connectivity index (χ1n) is 10.1. The Kier molecular flexibility index (Phi) is 4.48. The van der Waals surface area contributed by atoms with Crippen molar-refractivity contribution in [3.8, 4) is 11.3 Å². The molecule has 1 aliphatic carbocycles. The van der Waals surface area contributed by atoms with Gasteiger partial charge in [-0.15, -0.1) is 0 Å². The number of fused-ring (bicyclic) bond motifs is 2. The van der Waals surface area contributed by atoms with Gasteiger partial charge in [0.25, 0.3) is 0 Å². The minimum Gasteiger partial charge on any atom is -0.465 e. The fraction of sp³-hybridized carbons (Fsp3) is 0.476. The molecule has 158 valence electrons. The molecule has 1 amide bonds. The molecule has 1 aromatic carbocycles. The van der Waals surface area contributed by atoms with Crippen molar-refractivity contribution in [1.82, 2.24) is 10.1 Å². The van der Waals surface area contributed by atoms with E-state index in [0.717, 1.165) is 37.8 Å². The lowest BCUT2D eigenvalue weighted by molar-refractivity contribution is -0.00218. The van der Waals surface area contributed by atoms with E-state index in [0.29, 0.717) is 18.6 Å². The fourth-order valence-corrected chi connectivity index (χ4v) is 4.76. The molecule has 3 heterocycles. The number of aromatic nitrogens is 1. The summed E-state index contributed by atoms with van der Waals surface area (Å²) in [6.07, 6.45) is 2.45. The quantitative estimate of drug-likeness (QED) is 0.743. The van der Waals surface area contributed by atoms with Crippen LogP contribution < -0.4 is 0 Å². The lowest BCUT2D eigenvalue weighted by Gasteiger charge is -2.36. The average molecular weight is 418 g/mol. The summed E-state index contributed by atoms with van der Waals surface area (Å²) in [6.45, 7) is 0. The molecular weight excluding hydrogens is 398 g/mol. The standard InChI is InChI=1S/C21H20F2N2O5/c22-14-2-1-3-15(23)16(14)18-17(19(30-24-18)10-4-5-10)20(26)29-13-8-11-6-7-12(9-13)25(11)21(27)28/h1-3,10-13H,4-9H2,(H,27,28)/t11-,12+,13+. The summed E-state index contributed by atoms with van der Waals surface area (Å²) < 4.78 is 39.7. The fourth-order valence-electron chi connectivity index (χ4n) is 4.76. The number of hydrogen-bond acceptors (Lipinski definition) is 5. The zero-order chi connectivity index (χ0) is 21.0. The van der Waals surface area contributed by atoms with Gasteiger partial charge in [-0.25, -0.2) is 18.4 Å². The van der Waals surface area contributed by atoms with Crippen LogP contribution >= 0.6 is 0 Å². The molecule has 9 heteroatoms. The van der Waals surface area contributed by atoms with E-state index >= 15 is 0 Å². The van der Waals surface area contributed by atoms with Gasteiger partial charge in [0.2, 0.25) is 0 Å². The number of carbonyl (C=O) groups is 2. The minimum absolute atomic E-state index is 0.0197. The van der Waals surface area contributed by atoms with Crippen LogP contribution in [0, 0.1) is 11.6 Å². The van der Waals surface area contributed by atoms with Gasteiger partial charge in [0, 0.05) is 30.8 Å². The van der Waals surface area contributed by atoms with E-state index in [-0.39, 0.29) is 29.3 Å². The van der Waals surface area contributed by atoms with E-state index in [9.17, 15) is 23.5 Å². The summed E-state index contributed by atoms with van der Waals surface area (Å²) in [5.74, 6) is -2.14. The summed E-state index contributed by atoms with van der Waals surface area (Å²) in [5.41, 5.74) is -0.640. The molecule has 0 radical (unpaired) electrons. The minimum atomic E-state index is -0.959. The van der Waals surface area contributed by atoms with Crippen molar-refractivity contribution in [3.05, 3.63) is 41.2 Å². The van der Waals surface area contributed by atoms with Crippen molar-refractivity contribution < 1.29 is 32.7 Å². The van der Waals surface area contributed by atoms with Crippen molar-refractivity contribution in [2.24, 2.45) is 0 Å². The predicted octanol–water partition coefficient (Wildman–Crippen LogP) is 4.33. The number of esters is 1. The Bertz CT molecular complexity index is 985. The number of piperidine rings is 1. The molecule has 2 bridgehead atoms. The summed E-state index contributed by atoms with van der Waals surface area (Å²) in [6, 6.07) is 3.05. The number of ether oxygens (including phenoxy) is 1. The summed E-state index contributed by atoms with van der Waals surface area (Å²) >= 11 is 0. The smallest absolute Gasteiger partial charge is 0.407 e. The molecule has 3 fully saturated rings. The first-order valence-corrected chi connectivity index (χ1v) is 10.1. The molecule has 1 N–H and O–H groups in total. The summed E-state index contributed by atoms with van der Waals surface area (Å²) in [7, 11) is 0. The number of nitrogens with zero attached hydrogens (tertiary/aromatic N) is 2. The number of carbonyl (C=O) groups excluding carboxylic acids is 1. The van der Waals surface area contributed by atoms with Gasteiger partial charge in [-0.1, -0.05) is 11.2 Å². The highest BCUT2D eigenvalue weighted by molar-refractivity contribution is 5.97. The van der Waals surface area contributed by atoms with Crippen molar-refractivity contribution in [3.63, 3.8) is 0 Å². The molecule has 1 saturated carbocycles. The van der Waals surface area contributed by atoms with Crippen molar-refractivity contribution in [1.29, 1.82) is 0 Å². The van der Waals surface area contributed by atoms with Crippen LogP contribution in [0.1, 0.15) is 60.6 Å². The molecule has 30 heavy (non-hydrogen) atoms. The maximum absolute atomic E-state index is 14.4. The van der Waals surface area contributed by atoms with Crippen LogP contribution in [0.2, 0.25) is 0 Å². The van der Waals surface area contributed by atoms with E-state index in [1.807, 2.05) is 0 Å². The second-order valence-corrected chi connectivity index (χ2v) is 8.21. The van der Waals surface area contributed by atoms with Gasteiger partial charge < -0.3 is 19.3 Å². The van der Waals surface area contributed by atoms with Crippen LogP contribution in [0.5, 0.6) is 0 Å². The Labute approximate surface area is 170 Å². The maximum atomic E-state index is 14.4. The topological polar surface area (TPSA) is 92.9 Å². The third-order valence-electron chi connectivity index (χ3n) is 6.25. The van der Waals surface area contributed by atoms with Crippen LogP contribution in [-0.2, 0) is 4.74 Å². The first kappa shape index (κ1) is 19.0. The number of benzene rings is 1. The van der Waals surface area contributed by atoms with Gasteiger partial charge in [0.05, 0.1) is 5.56 Å². The Morgan fingerprint density at radius 1 is 1.10 bits per heavy atom. The van der Waals surface area contributed by atoms with Gasteiger partial charge >= 0.3 is 12.1 Å². The highest BCUT2D eigenvalue weighted by atomic mass is 19.1. The van der Waals surface area contributed by atoms with Crippen LogP contribution in [0.4, 0.5) is 13.6 Å². The van der Waals surface area contributed by atoms with Crippen LogP contribution in [0.3, 0.4) is 0 Å². The third-order valence-corrected chi connectivity index (χ3v) is 6.25. The van der Waals surface area contributed by atoms with Crippen LogP contribution in [-0.4, -0.2) is 45.4 Å². The molecule has 3 atom stereocenters. The summed E-state index contributed by atoms with van der Waals surface area (Å²) in [4.78, 5) is 26.0. The van der Waals surface area contributed by atoms with E-state index in [1.165, 1.54) is 11.0 Å². The largest absolute Gasteiger partial charge is 0.465 e. The normalized spacial score (nSPS) is 25.4. The van der Waals surface area contributed by atoms with Gasteiger partial charge in [0.15, 0.2) is 5.76 Å². The van der Waals surface area contributed by atoms with E-state index in [1.54, 1.807) is 0 Å². The molecule has 5 rings (SSSR count). The molecule has 2 saturated heterocycles. The van der Waals surface area contributed by atoms with Gasteiger partial charge in [-0.05, 0) is 37.8 Å². The second kappa shape index (κ2) is 7.07. The van der Waals surface area contributed by atoms with Crippen molar-refractivity contribution in [2.75, 3.05) is 0 Å². The zero-order valence-electron chi connectivity index (χ0n) is 16.0. The highest BCUT2D eigenvalue weighted by Crippen LogP contribution is 2.45. The molecule has 7 nitrogen and oxygen atoms in total. The molecule has 0 unspecified atom stereocenters. The maximum Gasteiger partial charge on any atom is 0.407 e.